The Morgan fingerprint density at radius 2 is 1.83 bits per heavy atom. The molecule has 0 atom stereocenters. The van der Waals surface area contributed by atoms with E-state index in [1.165, 1.54) is 18.4 Å². The number of fused-ring (bicyclic) bond motifs is 1. The monoisotopic (exact) mass is 497 g/mol. The molecule has 4 aromatic rings. The second-order valence-electron chi connectivity index (χ2n) is 7.37. The summed E-state index contributed by atoms with van der Waals surface area (Å²) in [5.74, 6) is 2.46. The number of rotatable bonds is 8. The van der Waals surface area contributed by atoms with Crippen molar-refractivity contribution in [1.82, 2.24) is 15.2 Å². The molecule has 10 heteroatoms. The number of aromatic nitrogens is 1. The first-order valence-electron chi connectivity index (χ1n) is 10.8. The minimum Gasteiger partial charge on any atom is -0.481 e. The van der Waals surface area contributed by atoms with Crippen molar-refractivity contribution in [3.8, 4) is 18.1 Å². The van der Waals surface area contributed by atoms with E-state index in [0.717, 1.165) is 15.8 Å². The van der Waals surface area contributed by atoms with E-state index >= 15 is 0 Å². The average molecular weight is 498 g/mol. The lowest BCUT2D eigenvalue weighted by Crippen LogP contribution is -2.23. The number of benzene rings is 3. The van der Waals surface area contributed by atoms with Gasteiger partial charge in [-0.25, -0.2) is 4.98 Å². The Morgan fingerprint density at radius 1 is 1.08 bits per heavy atom. The van der Waals surface area contributed by atoms with Gasteiger partial charge in [0.2, 0.25) is 4.91 Å². The molecule has 9 nitrogen and oxygen atoms in total. The number of thiazole rings is 1. The molecule has 178 valence electrons. The minimum absolute atomic E-state index is 0.177. The highest BCUT2D eigenvalue weighted by atomic mass is 32.1. The number of nitrogens with one attached hydrogen (secondary N) is 2. The van der Waals surface area contributed by atoms with Crippen LogP contribution in [-0.2, 0) is 6.54 Å². The second kappa shape index (κ2) is 11.5. The Balaban J connectivity index is 1.38. The molecule has 1 aromatic heterocycles. The smallest absolute Gasteiger partial charge is 0.257 e. The van der Waals surface area contributed by atoms with E-state index in [2.05, 4.69) is 36.7 Å². The summed E-state index contributed by atoms with van der Waals surface area (Å²) in [6.45, 7) is 0.448. The third kappa shape index (κ3) is 5.98. The van der Waals surface area contributed by atoms with Gasteiger partial charge in [0.25, 0.3) is 11.8 Å². The van der Waals surface area contributed by atoms with Crippen LogP contribution in [0.25, 0.3) is 10.2 Å². The van der Waals surface area contributed by atoms with Crippen molar-refractivity contribution < 1.29 is 14.3 Å². The Hall–Kier alpha value is -4.84. The van der Waals surface area contributed by atoms with Gasteiger partial charge in [-0.05, 0) is 48.5 Å². The predicted molar refractivity (Wildman–Crippen MR) is 139 cm³/mol. The number of hydrogen-bond acceptors (Lipinski definition) is 7. The number of terminal acetylenes is 1. The highest BCUT2D eigenvalue weighted by molar-refractivity contribution is 7.22. The van der Waals surface area contributed by atoms with Crippen molar-refractivity contribution in [2.45, 2.75) is 6.54 Å². The van der Waals surface area contributed by atoms with Crippen LogP contribution in [0.3, 0.4) is 0 Å². The standard InChI is InChI=1S/C26H20N6O3S/c1-3-14-35-20-12-13-22-23(15-20)36-26(29-22)30-25(34)18-10-8-17(9-11-18)24(33)28-16-19-6-4-5-7-21(19)31-32-27-2/h1,4-13,15H,14,16H2,2H3,(H-,28,29,30,33,34)/p+1. The molecule has 0 saturated heterocycles. The van der Waals surface area contributed by atoms with E-state index in [0.29, 0.717) is 27.7 Å². The van der Waals surface area contributed by atoms with E-state index in [4.69, 9.17) is 11.2 Å². The summed E-state index contributed by atoms with van der Waals surface area (Å²) >= 11 is 1.33. The van der Waals surface area contributed by atoms with Crippen LogP contribution in [0.1, 0.15) is 26.3 Å². The zero-order valence-electron chi connectivity index (χ0n) is 19.3. The number of nitrogens with zero attached hydrogens (tertiary/aromatic N) is 4. The van der Waals surface area contributed by atoms with E-state index < -0.39 is 0 Å². The molecule has 0 bridgehead atoms. The maximum Gasteiger partial charge on any atom is 0.257 e. The number of carbonyl (C=O) groups is 2. The molecule has 3 aromatic carbocycles. The van der Waals surface area contributed by atoms with E-state index in [9.17, 15) is 9.59 Å². The van der Waals surface area contributed by atoms with Crippen molar-refractivity contribution in [3.63, 3.8) is 0 Å². The van der Waals surface area contributed by atoms with Gasteiger partial charge in [-0.2, -0.15) is 0 Å². The quantitative estimate of drug-likeness (QED) is 0.208. The van der Waals surface area contributed by atoms with Crippen molar-refractivity contribution in [2.75, 3.05) is 19.0 Å². The van der Waals surface area contributed by atoms with E-state index in [1.807, 2.05) is 24.3 Å². The van der Waals surface area contributed by atoms with Gasteiger partial charge in [0.1, 0.15) is 24.5 Å². The lowest BCUT2D eigenvalue weighted by Gasteiger charge is -2.07. The number of hydrogen-bond donors (Lipinski definition) is 2. The summed E-state index contributed by atoms with van der Waals surface area (Å²) in [5.41, 5.74) is 3.00. The zero-order chi connectivity index (χ0) is 25.3. The normalized spacial score (nSPS) is 10.1. The van der Waals surface area contributed by atoms with Gasteiger partial charge in [-0.1, -0.05) is 35.5 Å². The molecule has 0 unspecified atom stereocenters. The fraction of sp³-hybridized carbons (Fsp3) is 0.115. The summed E-state index contributed by atoms with van der Waals surface area (Å²) in [5, 5.41) is 13.7. The van der Waals surface area contributed by atoms with Crippen LogP contribution >= 0.6 is 11.3 Å². The Morgan fingerprint density at radius 3 is 2.58 bits per heavy atom. The zero-order valence-corrected chi connectivity index (χ0v) is 20.1. The van der Waals surface area contributed by atoms with Gasteiger partial charge in [0.05, 0.1) is 10.2 Å². The van der Waals surface area contributed by atoms with Crippen molar-refractivity contribution in [2.24, 2.45) is 10.2 Å². The maximum absolute atomic E-state index is 12.7. The molecular formula is C26H21N6O3S+. The molecule has 0 spiro atoms. The number of amides is 2. The summed E-state index contributed by atoms with van der Waals surface area (Å²) in [6.07, 6.45) is 5.22. The number of anilines is 1. The van der Waals surface area contributed by atoms with Crippen molar-refractivity contribution in [1.29, 1.82) is 0 Å². The van der Waals surface area contributed by atoms with Gasteiger partial charge < -0.3 is 10.1 Å². The lowest BCUT2D eigenvalue weighted by atomic mass is 10.1. The van der Waals surface area contributed by atoms with Gasteiger partial charge >= 0.3 is 0 Å². The van der Waals surface area contributed by atoms with Crippen LogP contribution in [0.5, 0.6) is 5.75 Å². The molecule has 0 aliphatic heterocycles. The molecule has 1 heterocycles. The van der Waals surface area contributed by atoms with E-state index in [-0.39, 0.29) is 25.0 Å². The SMILES string of the molecule is C#CCOc1ccc2nc(NC(=O)c3ccc(C(=O)NCc4ccccc4N=[N+]=NC)cc3)sc2c1. The average Bonchev–Trinajstić information content (AvgIpc) is 3.31. The van der Waals surface area contributed by atoms with Crippen LogP contribution < -0.4 is 20.3 Å². The van der Waals surface area contributed by atoms with Gasteiger partial charge in [0.15, 0.2) is 15.9 Å². The fourth-order valence-corrected chi connectivity index (χ4v) is 4.13. The first-order chi connectivity index (χ1) is 17.6. The molecule has 0 aliphatic carbocycles. The van der Waals surface area contributed by atoms with Crippen LogP contribution in [0.2, 0.25) is 0 Å². The van der Waals surface area contributed by atoms with Crippen LogP contribution in [0, 0.1) is 12.3 Å². The minimum atomic E-state index is -0.328. The largest absolute Gasteiger partial charge is 0.481 e. The molecule has 36 heavy (non-hydrogen) atoms. The number of ether oxygens (including phenoxy) is 1. The number of carbonyl (C=O) groups excluding carboxylic acids is 2. The summed E-state index contributed by atoms with van der Waals surface area (Å²) in [6, 6.07) is 19.1. The van der Waals surface area contributed by atoms with Gasteiger partial charge in [0, 0.05) is 23.2 Å². The molecular weight excluding hydrogens is 476 g/mol. The van der Waals surface area contributed by atoms with Crippen molar-refractivity contribution in [3.05, 3.63) is 83.4 Å². The summed E-state index contributed by atoms with van der Waals surface area (Å²) < 4.78 is 6.29. The maximum atomic E-state index is 12.7. The van der Waals surface area contributed by atoms with E-state index in [1.54, 1.807) is 42.5 Å². The molecule has 0 radical (unpaired) electrons. The highest BCUT2D eigenvalue weighted by Gasteiger charge is 2.13. The summed E-state index contributed by atoms with van der Waals surface area (Å²) in [7, 11) is 1.53. The molecule has 0 saturated carbocycles. The predicted octanol–water partition coefficient (Wildman–Crippen LogP) is 4.72. The van der Waals surface area contributed by atoms with Gasteiger partial charge in [-0.15, -0.1) is 6.42 Å². The topological polar surface area (TPSA) is 119 Å². The van der Waals surface area contributed by atoms with Crippen LogP contribution in [-0.4, -0.2) is 30.5 Å². The second-order valence-corrected chi connectivity index (χ2v) is 8.40. The van der Waals surface area contributed by atoms with Gasteiger partial charge in [-0.3, -0.25) is 14.9 Å². The van der Waals surface area contributed by atoms with Crippen LogP contribution in [0.15, 0.2) is 77.0 Å². The molecule has 4 rings (SSSR count). The third-order valence-corrected chi connectivity index (χ3v) is 5.92. The first kappa shape index (κ1) is 24.3. The molecule has 0 aliphatic rings. The third-order valence-electron chi connectivity index (χ3n) is 4.98. The lowest BCUT2D eigenvalue weighted by molar-refractivity contribution is 0.0949. The summed E-state index contributed by atoms with van der Waals surface area (Å²) in [4.78, 5) is 33.4. The molecule has 2 N–H and O–H groups in total. The highest BCUT2D eigenvalue weighted by Crippen LogP contribution is 2.29. The molecule has 0 fully saturated rings. The first-order valence-corrected chi connectivity index (χ1v) is 11.6. The Kier molecular flexibility index (Phi) is 7.78. The van der Waals surface area contributed by atoms with Crippen LogP contribution in [0.4, 0.5) is 10.8 Å². The fourth-order valence-electron chi connectivity index (χ4n) is 3.24. The Bertz CT molecular complexity index is 1510. The Labute approximate surface area is 211 Å². The molecule has 2 amide bonds. The van der Waals surface area contributed by atoms with Crippen molar-refractivity contribution >= 4 is 44.2 Å².